The van der Waals surface area contributed by atoms with E-state index in [9.17, 15) is 19.7 Å². The fraction of sp³-hybridized carbons (Fsp3) is 0.333. The Morgan fingerprint density at radius 3 is 2.62 bits per heavy atom. The van der Waals surface area contributed by atoms with Crippen LogP contribution in [0.25, 0.3) is 0 Å². The molecule has 0 aliphatic rings. The lowest BCUT2D eigenvalue weighted by Crippen LogP contribution is -2.37. The maximum absolute atomic E-state index is 11.6. The van der Waals surface area contributed by atoms with E-state index in [-0.39, 0.29) is 37.7 Å². The molecule has 2 amide bonds. The average molecular weight is 297 g/mol. The van der Waals surface area contributed by atoms with Crippen molar-refractivity contribution in [2.45, 2.75) is 0 Å². The zero-order chi connectivity index (χ0) is 15.7. The summed E-state index contributed by atoms with van der Waals surface area (Å²) in [6, 6.07) is 5.50. The van der Waals surface area contributed by atoms with Gasteiger partial charge < -0.3 is 20.5 Å². The molecule has 1 aromatic rings. The number of hydrogen-bond donors (Lipinski definition) is 3. The van der Waals surface area contributed by atoms with Gasteiger partial charge in [-0.1, -0.05) is 12.1 Å². The van der Waals surface area contributed by atoms with Gasteiger partial charge in [0.1, 0.15) is 5.69 Å². The number of benzene rings is 1. The van der Waals surface area contributed by atoms with E-state index in [1.807, 2.05) is 0 Å². The quantitative estimate of drug-likeness (QED) is 0.273. The minimum absolute atomic E-state index is 0.0563. The van der Waals surface area contributed by atoms with Gasteiger partial charge in [0, 0.05) is 12.6 Å². The smallest absolute Gasteiger partial charge is 0.313 e. The molecule has 0 heterocycles. The Morgan fingerprint density at radius 1 is 1.24 bits per heavy atom. The molecule has 0 aromatic heterocycles. The Morgan fingerprint density at radius 2 is 1.95 bits per heavy atom. The summed E-state index contributed by atoms with van der Waals surface area (Å²) >= 11 is 0. The molecule has 9 nitrogen and oxygen atoms in total. The van der Waals surface area contributed by atoms with Crippen LogP contribution >= 0.6 is 0 Å². The van der Waals surface area contributed by atoms with E-state index in [0.717, 1.165) is 0 Å². The molecule has 0 fully saturated rings. The molecule has 0 aliphatic heterocycles. The molecule has 0 spiro atoms. The number of nitro groups is 1. The molecule has 0 aliphatic carbocycles. The van der Waals surface area contributed by atoms with Gasteiger partial charge >= 0.3 is 11.8 Å². The summed E-state index contributed by atoms with van der Waals surface area (Å²) in [7, 11) is 0. The topological polar surface area (TPSA) is 131 Å². The van der Waals surface area contributed by atoms with Crippen LogP contribution in [-0.4, -0.2) is 48.2 Å². The minimum atomic E-state index is -1.01. The van der Waals surface area contributed by atoms with Crippen molar-refractivity contribution in [2.24, 2.45) is 0 Å². The highest BCUT2D eigenvalue weighted by atomic mass is 16.6. The molecule has 0 bridgehead atoms. The Bertz CT molecular complexity index is 519. The monoisotopic (exact) mass is 297 g/mol. The first kappa shape index (κ1) is 16.5. The number of hydrogen-bond acceptors (Lipinski definition) is 6. The van der Waals surface area contributed by atoms with Gasteiger partial charge in [0.05, 0.1) is 24.7 Å². The number of rotatable bonds is 7. The number of para-hydroxylation sites is 2. The molecule has 0 saturated carbocycles. The average Bonchev–Trinajstić information content (AvgIpc) is 2.47. The van der Waals surface area contributed by atoms with Crippen molar-refractivity contribution in [2.75, 3.05) is 31.7 Å². The standard InChI is InChI=1S/C12H15N3O6/c16-6-8-21-7-5-13-11(17)12(18)14-9-3-1-2-4-10(9)15(19)20/h1-4,16H,5-8H2,(H,13,17)(H,14,18). The van der Waals surface area contributed by atoms with Gasteiger partial charge in [0.2, 0.25) is 0 Å². The number of aliphatic hydroxyl groups excluding tert-OH is 1. The molecule has 114 valence electrons. The van der Waals surface area contributed by atoms with E-state index in [0.29, 0.717) is 0 Å². The second kappa shape index (κ2) is 8.61. The SMILES string of the molecule is O=C(NCCOCCO)C(=O)Nc1ccccc1[N+](=O)[O-]. The van der Waals surface area contributed by atoms with Crippen molar-refractivity contribution in [1.29, 1.82) is 0 Å². The number of carbonyl (C=O) groups excluding carboxylic acids is 2. The third kappa shape index (κ3) is 5.55. The van der Waals surface area contributed by atoms with Gasteiger partial charge in [0.15, 0.2) is 0 Å². The Labute approximate surface area is 120 Å². The summed E-state index contributed by atoms with van der Waals surface area (Å²) in [5, 5.41) is 23.7. The number of nitrogens with one attached hydrogen (secondary N) is 2. The second-order valence-electron chi connectivity index (χ2n) is 3.82. The second-order valence-corrected chi connectivity index (χ2v) is 3.82. The summed E-state index contributed by atoms with van der Waals surface area (Å²) in [6.07, 6.45) is 0. The molecular formula is C12H15N3O6. The molecule has 1 aromatic carbocycles. The first-order valence-electron chi connectivity index (χ1n) is 6.07. The molecule has 21 heavy (non-hydrogen) atoms. The lowest BCUT2D eigenvalue weighted by Gasteiger charge is -2.07. The first-order chi connectivity index (χ1) is 10.1. The van der Waals surface area contributed by atoms with Gasteiger partial charge in [-0.25, -0.2) is 0 Å². The molecule has 0 atom stereocenters. The Hall–Kier alpha value is -2.52. The van der Waals surface area contributed by atoms with E-state index >= 15 is 0 Å². The summed E-state index contributed by atoms with van der Waals surface area (Å²) in [5.74, 6) is -1.94. The van der Waals surface area contributed by atoms with E-state index in [1.165, 1.54) is 24.3 Å². The van der Waals surface area contributed by atoms with Crippen molar-refractivity contribution >= 4 is 23.2 Å². The number of nitro benzene ring substituents is 1. The van der Waals surface area contributed by atoms with Crippen molar-refractivity contribution in [1.82, 2.24) is 5.32 Å². The van der Waals surface area contributed by atoms with Crippen LogP contribution in [-0.2, 0) is 14.3 Å². The van der Waals surface area contributed by atoms with Crippen LogP contribution < -0.4 is 10.6 Å². The fourth-order valence-electron chi connectivity index (χ4n) is 1.40. The maximum Gasteiger partial charge on any atom is 0.313 e. The highest BCUT2D eigenvalue weighted by Gasteiger charge is 2.18. The van der Waals surface area contributed by atoms with E-state index < -0.39 is 16.7 Å². The molecule has 0 radical (unpaired) electrons. The number of carbonyl (C=O) groups is 2. The van der Waals surface area contributed by atoms with E-state index in [2.05, 4.69) is 10.6 Å². The van der Waals surface area contributed by atoms with Gasteiger partial charge in [-0.05, 0) is 6.07 Å². The lowest BCUT2D eigenvalue weighted by molar-refractivity contribution is -0.383. The van der Waals surface area contributed by atoms with Crippen molar-refractivity contribution in [3.05, 3.63) is 34.4 Å². The molecule has 0 unspecified atom stereocenters. The predicted molar refractivity (Wildman–Crippen MR) is 72.6 cm³/mol. The van der Waals surface area contributed by atoms with E-state index in [4.69, 9.17) is 9.84 Å². The predicted octanol–water partition coefficient (Wildman–Crippen LogP) is -0.342. The number of aliphatic hydroxyl groups is 1. The molecule has 1 rings (SSSR count). The van der Waals surface area contributed by atoms with Crippen LogP contribution in [0.4, 0.5) is 11.4 Å². The molecule has 3 N–H and O–H groups in total. The van der Waals surface area contributed by atoms with Crippen LogP contribution in [0.1, 0.15) is 0 Å². The molecular weight excluding hydrogens is 282 g/mol. The Balaban J connectivity index is 2.49. The molecule has 0 saturated heterocycles. The number of amides is 2. The summed E-state index contributed by atoms with van der Waals surface area (Å²) in [6.45, 7) is 0.235. The minimum Gasteiger partial charge on any atom is -0.394 e. The number of ether oxygens (including phenoxy) is 1. The van der Waals surface area contributed by atoms with Crippen molar-refractivity contribution in [3.63, 3.8) is 0 Å². The van der Waals surface area contributed by atoms with Gasteiger partial charge in [-0.2, -0.15) is 0 Å². The number of anilines is 1. The normalized spacial score (nSPS) is 9.95. The lowest BCUT2D eigenvalue weighted by atomic mass is 10.2. The largest absolute Gasteiger partial charge is 0.394 e. The zero-order valence-corrected chi connectivity index (χ0v) is 11.1. The fourth-order valence-corrected chi connectivity index (χ4v) is 1.40. The van der Waals surface area contributed by atoms with Crippen LogP contribution in [0.15, 0.2) is 24.3 Å². The van der Waals surface area contributed by atoms with Crippen LogP contribution in [0, 0.1) is 10.1 Å². The van der Waals surface area contributed by atoms with Gasteiger partial charge in [0.25, 0.3) is 5.69 Å². The van der Waals surface area contributed by atoms with Crippen LogP contribution in [0.2, 0.25) is 0 Å². The zero-order valence-electron chi connectivity index (χ0n) is 11.1. The highest BCUT2D eigenvalue weighted by molar-refractivity contribution is 6.39. The van der Waals surface area contributed by atoms with Crippen LogP contribution in [0.3, 0.4) is 0 Å². The Kier molecular flexibility index (Phi) is 6.78. The van der Waals surface area contributed by atoms with Gasteiger partial charge in [-0.3, -0.25) is 19.7 Å². The van der Waals surface area contributed by atoms with Gasteiger partial charge in [-0.15, -0.1) is 0 Å². The summed E-state index contributed by atoms with van der Waals surface area (Å²) in [4.78, 5) is 33.1. The number of nitrogens with zero attached hydrogens (tertiary/aromatic N) is 1. The van der Waals surface area contributed by atoms with Crippen LogP contribution in [0.5, 0.6) is 0 Å². The summed E-state index contributed by atoms with van der Waals surface area (Å²) < 4.78 is 4.90. The summed E-state index contributed by atoms with van der Waals surface area (Å²) in [5.41, 5.74) is -0.357. The van der Waals surface area contributed by atoms with E-state index in [1.54, 1.807) is 0 Å². The third-order valence-corrected chi connectivity index (χ3v) is 2.32. The first-order valence-corrected chi connectivity index (χ1v) is 6.07. The maximum atomic E-state index is 11.6. The highest BCUT2D eigenvalue weighted by Crippen LogP contribution is 2.22. The molecule has 9 heteroatoms. The van der Waals surface area contributed by atoms with Crippen molar-refractivity contribution < 1.29 is 24.4 Å². The van der Waals surface area contributed by atoms with Crippen molar-refractivity contribution in [3.8, 4) is 0 Å². The third-order valence-electron chi connectivity index (χ3n) is 2.32.